The number of nitrogens with one attached hydrogen (secondary N) is 1. The van der Waals surface area contributed by atoms with Crippen LogP contribution in [0, 0.1) is 6.92 Å². The molecule has 0 spiro atoms. The molecule has 0 saturated carbocycles. The molecule has 2 heterocycles. The molecular formula is C19H21F3N4O4S. The second kappa shape index (κ2) is 9.18. The monoisotopic (exact) mass is 458 g/mol. The fourth-order valence-corrected chi connectivity index (χ4v) is 3.89. The second-order valence-corrected chi connectivity index (χ2v) is 7.84. The van der Waals surface area contributed by atoms with E-state index in [0.29, 0.717) is 16.8 Å². The molecule has 1 fully saturated rings. The number of allylic oxidation sites excluding steroid dienone is 1. The number of amides is 2. The van der Waals surface area contributed by atoms with Gasteiger partial charge in [-0.3, -0.25) is 23.9 Å². The smallest absolute Gasteiger partial charge is 0.335 e. The first-order valence-corrected chi connectivity index (χ1v) is 10.6. The number of aliphatic imine (C=N–C) groups is 1. The minimum Gasteiger partial charge on any atom is -0.335 e. The van der Waals surface area contributed by atoms with E-state index in [1.807, 2.05) is 0 Å². The van der Waals surface area contributed by atoms with Crippen molar-refractivity contribution in [3.8, 4) is 0 Å². The Bertz CT molecular complexity index is 969. The van der Waals surface area contributed by atoms with E-state index in [9.17, 15) is 27.0 Å². The number of carbonyl (C=O) groups is 2. The van der Waals surface area contributed by atoms with Crippen LogP contribution in [0.3, 0.4) is 0 Å². The highest BCUT2D eigenvalue weighted by atomic mass is 32.2. The van der Waals surface area contributed by atoms with Crippen molar-refractivity contribution in [2.75, 3.05) is 30.9 Å². The highest BCUT2D eigenvalue weighted by Crippen LogP contribution is 2.34. The van der Waals surface area contributed by atoms with Crippen LogP contribution >= 0.6 is 0 Å². The highest BCUT2D eigenvalue weighted by molar-refractivity contribution is 7.80. The molecule has 1 saturated heterocycles. The van der Waals surface area contributed by atoms with Gasteiger partial charge in [-0.25, -0.2) is 4.21 Å². The zero-order chi connectivity index (χ0) is 22.8. The third-order valence-electron chi connectivity index (χ3n) is 5.10. The summed E-state index contributed by atoms with van der Waals surface area (Å²) in [6.45, 7) is 2.21. The first-order chi connectivity index (χ1) is 14.6. The zero-order valence-corrected chi connectivity index (χ0v) is 17.4. The fraction of sp³-hybridized carbons (Fsp3) is 0.421. The van der Waals surface area contributed by atoms with Gasteiger partial charge in [-0.1, -0.05) is 0 Å². The number of alkyl halides is 3. The number of halogens is 3. The van der Waals surface area contributed by atoms with Gasteiger partial charge in [0.05, 0.1) is 11.3 Å². The average Bonchev–Trinajstić information content (AvgIpc) is 2.73. The van der Waals surface area contributed by atoms with E-state index in [4.69, 9.17) is 4.55 Å². The number of piperazine rings is 1. The van der Waals surface area contributed by atoms with Crippen LogP contribution in [0.15, 0.2) is 34.5 Å². The Labute approximate surface area is 179 Å². The van der Waals surface area contributed by atoms with Gasteiger partial charge in [-0.05, 0) is 43.5 Å². The molecule has 0 aliphatic carbocycles. The Hall–Kier alpha value is -2.73. The predicted octanol–water partition coefficient (Wildman–Crippen LogP) is 2.51. The molecule has 0 bridgehead atoms. The van der Waals surface area contributed by atoms with E-state index >= 15 is 0 Å². The Morgan fingerprint density at radius 3 is 2.29 bits per heavy atom. The SMILES string of the molecule is Cc1cc(C(=O)N2CCN(C(=O)C3=C(C(F)(F)F)CCC=N3)CC2)ccc1NS(=O)O. The zero-order valence-electron chi connectivity index (χ0n) is 16.6. The molecule has 3 rings (SSSR count). The number of rotatable bonds is 4. The van der Waals surface area contributed by atoms with Gasteiger partial charge in [-0.15, -0.1) is 0 Å². The molecule has 2 aliphatic rings. The molecule has 0 radical (unpaired) electrons. The van der Waals surface area contributed by atoms with Crippen molar-refractivity contribution in [2.45, 2.75) is 25.9 Å². The molecule has 1 aromatic rings. The summed E-state index contributed by atoms with van der Waals surface area (Å²) in [7, 11) is 0. The van der Waals surface area contributed by atoms with Crippen LogP contribution in [0.4, 0.5) is 18.9 Å². The third-order valence-corrected chi connectivity index (χ3v) is 5.49. The van der Waals surface area contributed by atoms with Gasteiger partial charge in [-0.2, -0.15) is 13.2 Å². The van der Waals surface area contributed by atoms with Gasteiger partial charge in [0.25, 0.3) is 23.1 Å². The van der Waals surface area contributed by atoms with Gasteiger partial charge < -0.3 is 9.80 Å². The van der Waals surface area contributed by atoms with Crippen molar-refractivity contribution in [2.24, 2.45) is 4.99 Å². The second-order valence-electron chi connectivity index (χ2n) is 7.14. The summed E-state index contributed by atoms with van der Waals surface area (Å²) < 4.78 is 61.8. The van der Waals surface area contributed by atoms with Crippen LogP contribution in [0.1, 0.15) is 28.8 Å². The summed E-state index contributed by atoms with van der Waals surface area (Å²) in [5, 5.41) is 0. The first kappa shape index (κ1) is 22.9. The molecule has 12 heteroatoms. The lowest BCUT2D eigenvalue weighted by Crippen LogP contribution is -2.51. The van der Waals surface area contributed by atoms with Crippen molar-refractivity contribution in [3.05, 3.63) is 40.6 Å². The molecule has 8 nitrogen and oxygen atoms in total. The third kappa shape index (κ3) is 5.31. The largest absolute Gasteiger partial charge is 0.414 e. The molecule has 2 N–H and O–H groups in total. The quantitative estimate of drug-likeness (QED) is 0.677. The topological polar surface area (TPSA) is 102 Å². The molecular weight excluding hydrogens is 437 g/mol. The molecule has 1 aromatic carbocycles. The number of carbonyl (C=O) groups excluding carboxylic acids is 2. The van der Waals surface area contributed by atoms with Crippen LogP contribution in [0.2, 0.25) is 0 Å². The number of benzene rings is 1. The molecule has 1 unspecified atom stereocenters. The standard InChI is InChI=1S/C19H21F3N4O4S/c1-12-11-13(4-5-15(12)24-31(29)30)17(27)25-7-9-26(10-8-25)18(28)16-14(19(20,21)22)3-2-6-23-16/h4-6,11,24H,2-3,7-10H2,1H3,(H,29,30). The maximum atomic E-state index is 13.2. The fourth-order valence-electron chi connectivity index (χ4n) is 3.47. The van der Waals surface area contributed by atoms with Crippen LogP contribution < -0.4 is 4.72 Å². The summed E-state index contributed by atoms with van der Waals surface area (Å²) in [6, 6.07) is 4.61. The van der Waals surface area contributed by atoms with Crippen LogP contribution in [0.5, 0.6) is 0 Å². The van der Waals surface area contributed by atoms with Crippen molar-refractivity contribution < 1.29 is 31.5 Å². The Morgan fingerprint density at radius 2 is 1.74 bits per heavy atom. The van der Waals surface area contributed by atoms with Gasteiger partial charge in [0.1, 0.15) is 5.70 Å². The van der Waals surface area contributed by atoms with Crippen LogP contribution in [-0.2, 0) is 16.1 Å². The van der Waals surface area contributed by atoms with Crippen molar-refractivity contribution in [1.29, 1.82) is 0 Å². The Morgan fingerprint density at radius 1 is 1.13 bits per heavy atom. The lowest BCUT2D eigenvalue weighted by atomic mass is 10.0. The summed E-state index contributed by atoms with van der Waals surface area (Å²) >= 11 is -2.23. The van der Waals surface area contributed by atoms with Crippen molar-refractivity contribution in [1.82, 2.24) is 9.80 Å². The minimum atomic E-state index is -4.61. The van der Waals surface area contributed by atoms with Gasteiger partial charge in [0.2, 0.25) is 0 Å². The molecule has 0 aromatic heterocycles. The number of hydrogen-bond donors (Lipinski definition) is 2. The first-order valence-electron chi connectivity index (χ1n) is 9.47. The minimum absolute atomic E-state index is 0.0941. The van der Waals surface area contributed by atoms with Crippen LogP contribution in [0.25, 0.3) is 0 Å². The Kier molecular flexibility index (Phi) is 6.80. The van der Waals surface area contributed by atoms with E-state index < -0.39 is 34.6 Å². The van der Waals surface area contributed by atoms with Gasteiger partial charge in [0.15, 0.2) is 0 Å². The maximum Gasteiger partial charge on any atom is 0.414 e. The Balaban J connectivity index is 1.66. The lowest BCUT2D eigenvalue weighted by Gasteiger charge is -2.35. The van der Waals surface area contributed by atoms with Crippen molar-refractivity contribution in [3.63, 3.8) is 0 Å². The summed E-state index contributed by atoms with van der Waals surface area (Å²) in [5.41, 5.74) is -0.103. The number of aryl methyl sites for hydroxylation is 1. The van der Waals surface area contributed by atoms with Crippen LogP contribution in [-0.4, -0.2) is 68.9 Å². The highest BCUT2D eigenvalue weighted by Gasteiger charge is 2.40. The molecule has 31 heavy (non-hydrogen) atoms. The average molecular weight is 458 g/mol. The molecule has 168 valence electrons. The lowest BCUT2D eigenvalue weighted by molar-refractivity contribution is -0.130. The van der Waals surface area contributed by atoms with E-state index in [0.717, 1.165) is 0 Å². The normalized spacial score (nSPS) is 18.2. The number of anilines is 1. The van der Waals surface area contributed by atoms with E-state index in [1.165, 1.54) is 28.1 Å². The number of nitrogens with zero attached hydrogens (tertiary/aromatic N) is 3. The maximum absolute atomic E-state index is 13.2. The van der Waals surface area contributed by atoms with E-state index in [-0.39, 0.29) is 44.9 Å². The summed E-state index contributed by atoms with van der Waals surface area (Å²) in [5.74, 6) is -1.07. The van der Waals surface area contributed by atoms with Crippen molar-refractivity contribution >= 4 is 35.0 Å². The number of hydrogen-bond acceptors (Lipinski definition) is 4. The molecule has 2 aliphatic heterocycles. The predicted molar refractivity (Wildman–Crippen MR) is 109 cm³/mol. The van der Waals surface area contributed by atoms with Gasteiger partial charge in [0, 0.05) is 38.0 Å². The summed E-state index contributed by atoms with van der Waals surface area (Å²) in [4.78, 5) is 31.9. The van der Waals surface area contributed by atoms with E-state index in [2.05, 4.69) is 9.71 Å². The summed E-state index contributed by atoms with van der Waals surface area (Å²) in [6.07, 6.45) is -3.44. The van der Waals surface area contributed by atoms with E-state index in [1.54, 1.807) is 13.0 Å². The van der Waals surface area contributed by atoms with Gasteiger partial charge >= 0.3 is 6.18 Å². The molecule has 1 atom stereocenters. The molecule has 2 amide bonds.